The van der Waals surface area contributed by atoms with Crippen LogP contribution in [0.3, 0.4) is 0 Å². The van der Waals surface area contributed by atoms with Crippen LogP contribution in [0.1, 0.15) is 11.5 Å². The topological polar surface area (TPSA) is 103 Å². The molecule has 0 bridgehead atoms. The molecular formula is C20H16N2O6. The summed E-state index contributed by atoms with van der Waals surface area (Å²) in [7, 11) is 0. The van der Waals surface area contributed by atoms with Gasteiger partial charge in [0.25, 0.3) is 0 Å². The van der Waals surface area contributed by atoms with Crippen LogP contribution in [-0.4, -0.2) is 11.9 Å². The van der Waals surface area contributed by atoms with Gasteiger partial charge in [-0.2, -0.15) is 0 Å². The number of hydroxylamine groups is 2. The molecule has 28 heavy (non-hydrogen) atoms. The van der Waals surface area contributed by atoms with Crippen LogP contribution in [0.5, 0.6) is 0 Å². The molecule has 2 N–H and O–H groups in total. The zero-order valence-electron chi connectivity index (χ0n) is 14.6. The Morgan fingerprint density at radius 2 is 1.14 bits per heavy atom. The second-order valence-corrected chi connectivity index (χ2v) is 5.92. The van der Waals surface area contributed by atoms with E-state index in [1.807, 2.05) is 60.7 Å². The van der Waals surface area contributed by atoms with Crippen molar-refractivity contribution in [3.63, 3.8) is 0 Å². The van der Waals surface area contributed by atoms with Gasteiger partial charge in [0.1, 0.15) is 22.7 Å². The first kappa shape index (κ1) is 17.8. The van der Waals surface area contributed by atoms with Gasteiger partial charge < -0.3 is 18.5 Å². The number of nitrogens with one attached hydrogen (secondary N) is 2. The van der Waals surface area contributed by atoms with E-state index in [-0.39, 0.29) is 13.1 Å². The summed E-state index contributed by atoms with van der Waals surface area (Å²) in [5.41, 5.74) is 6.20. The molecule has 0 radical (unpaired) electrons. The van der Waals surface area contributed by atoms with Crippen molar-refractivity contribution in [1.82, 2.24) is 11.0 Å². The molecule has 0 aliphatic heterocycles. The van der Waals surface area contributed by atoms with Gasteiger partial charge >= 0.3 is 11.9 Å². The summed E-state index contributed by atoms with van der Waals surface area (Å²) in [4.78, 5) is 32.6. The number of carbonyl (C=O) groups is 2. The fourth-order valence-electron chi connectivity index (χ4n) is 2.68. The molecule has 0 atom stereocenters. The van der Waals surface area contributed by atoms with Crippen LogP contribution in [0, 0.1) is 0 Å². The smallest absolute Gasteiger partial charge is 0.437 e. The lowest BCUT2D eigenvalue weighted by Gasteiger charge is -2.05. The number of benzene rings is 2. The Kier molecular flexibility index (Phi) is 5.05. The van der Waals surface area contributed by atoms with Gasteiger partial charge in [0.15, 0.2) is 0 Å². The first-order chi connectivity index (χ1) is 13.7. The molecule has 4 aromatic rings. The van der Waals surface area contributed by atoms with E-state index in [9.17, 15) is 9.59 Å². The third-order valence-corrected chi connectivity index (χ3v) is 3.94. The minimum absolute atomic E-state index is 0.111. The third kappa shape index (κ3) is 4.03. The van der Waals surface area contributed by atoms with Crippen LogP contribution >= 0.6 is 0 Å². The van der Waals surface area contributed by atoms with Crippen LogP contribution in [-0.2, 0) is 32.4 Å². The normalized spacial score (nSPS) is 11.0. The van der Waals surface area contributed by atoms with Gasteiger partial charge in [0.05, 0.1) is 13.1 Å². The largest absolute Gasteiger partial charge is 0.460 e. The zero-order chi connectivity index (χ0) is 19.3. The maximum atomic E-state index is 11.6. The second-order valence-electron chi connectivity index (χ2n) is 5.92. The molecule has 2 aromatic carbocycles. The van der Waals surface area contributed by atoms with Crippen LogP contribution in [0.25, 0.3) is 21.9 Å². The Morgan fingerprint density at radius 1 is 0.714 bits per heavy atom. The van der Waals surface area contributed by atoms with Crippen molar-refractivity contribution in [2.75, 3.05) is 0 Å². The molecule has 0 unspecified atom stereocenters. The van der Waals surface area contributed by atoms with E-state index in [2.05, 4.69) is 20.6 Å². The predicted octanol–water partition coefficient (Wildman–Crippen LogP) is 2.97. The zero-order valence-corrected chi connectivity index (χ0v) is 14.6. The van der Waals surface area contributed by atoms with Crippen molar-refractivity contribution >= 4 is 33.9 Å². The van der Waals surface area contributed by atoms with Gasteiger partial charge in [-0.1, -0.05) is 36.4 Å². The first-order valence-electron chi connectivity index (χ1n) is 8.51. The van der Waals surface area contributed by atoms with Gasteiger partial charge in [-0.3, -0.25) is 0 Å². The lowest BCUT2D eigenvalue weighted by molar-refractivity contribution is -0.177. The Balaban J connectivity index is 1.20. The molecule has 142 valence electrons. The number of hydrogen-bond donors (Lipinski definition) is 2. The summed E-state index contributed by atoms with van der Waals surface area (Å²) < 4.78 is 11.1. The number of carbonyl (C=O) groups excluding carboxylic acids is 2. The van der Waals surface area contributed by atoms with Gasteiger partial charge in [0.2, 0.25) is 0 Å². The van der Waals surface area contributed by atoms with E-state index in [0.717, 1.165) is 21.9 Å². The maximum absolute atomic E-state index is 11.6. The molecular weight excluding hydrogens is 364 g/mol. The molecule has 4 rings (SSSR count). The summed E-state index contributed by atoms with van der Waals surface area (Å²) in [6.45, 7) is 0.222. The van der Waals surface area contributed by atoms with Crippen molar-refractivity contribution in [3.8, 4) is 0 Å². The summed E-state index contributed by atoms with van der Waals surface area (Å²) >= 11 is 0. The van der Waals surface area contributed by atoms with Crippen LogP contribution in [0.4, 0.5) is 0 Å². The van der Waals surface area contributed by atoms with Crippen LogP contribution in [0.15, 0.2) is 69.5 Å². The average Bonchev–Trinajstić information content (AvgIpc) is 3.30. The Labute approximate surface area is 158 Å². The van der Waals surface area contributed by atoms with Crippen molar-refractivity contribution in [1.29, 1.82) is 0 Å². The summed E-state index contributed by atoms with van der Waals surface area (Å²) in [6, 6.07) is 18.6. The molecule has 0 spiro atoms. The molecule has 0 saturated heterocycles. The monoisotopic (exact) mass is 380 g/mol. The van der Waals surface area contributed by atoms with E-state index < -0.39 is 11.9 Å². The number of para-hydroxylation sites is 2. The minimum Gasteiger partial charge on any atom is -0.460 e. The van der Waals surface area contributed by atoms with Crippen molar-refractivity contribution in [3.05, 3.63) is 72.2 Å². The summed E-state index contributed by atoms with van der Waals surface area (Å²) in [6.07, 6.45) is 0. The molecule has 2 aromatic heterocycles. The summed E-state index contributed by atoms with van der Waals surface area (Å²) in [5, 5.41) is 1.86. The highest BCUT2D eigenvalue weighted by molar-refractivity contribution is 6.29. The van der Waals surface area contributed by atoms with Gasteiger partial charge in [-0.25, -0.2) is 9.59 Å². The Bertz CT molecular complexity index is 974. The number of rotatable bonds is 6. The second kappa shape index (κ2) is 7.95. The highest BCUT2D eigenvalue weighted by Crippen LogP contribution is 2.19. The van der Waals surface area contributed by atoms with Crippen molar-refractivity contribution < 1.29 is 28.1 Å². The minimum atomic E-state index is -1.19. The maximum Gasteiger partial charge on any atom is 0.437 e. The third-order valence-electron chi connectivity index (χ3n) is 3.94. The lowest BCUT2D eigenvalue weighted by Crippen LogP contribution is -2.31. The SMILES string of the molecule is O=C(ONCc1cc2ccccc2o1)C(=O)ONCc1cc2ccccc2o1. The standard InChI is InChI=1S/C20H16N2O6/c23-19(27-21-11-15-9-13-5-1-3-7-17(13)25-15)20(24)28-22-12-16-10-14-6-2-4-8-18(14)26-16/h1-10,21-22H,11-12H2. The number of fused-ring (bicyclic) bond motifs is 2. The average molecular weight is 380 g/mol. The van der Waals surface area contributed by atoms with Crippen LogP contribution < -0.4 is 11.0 Å². The Hall–Kier alpha value is -3.62. The number of furan rings is 2. The molecule has 0 aliphatic carbocycles. The van der Waals surface area contributed by atoms with Crippen molar-refractivity contribution in [2.24, 2.45) is 0 Å². The molecule has 0 fully saturated rings. The lowest BCUT2D eigenvalue weighted by atomic mass is 10.2. The van der Waals surface area contributed by atoms with Gasteiger partial charge in [0, 0.05) is 10.8 Å². The van der Waals surface area contributed by atoms with E-state index in [1.165, 1.54) is 0 Å². The molecule has 0 aliphatic rings. The first-order valence-corrected chi connectivity index (χ1v) is 8.51. The highest BCUT2D eigenvalue weighted by Gasteiger charge is 2.18. The van der Waals surface area contributed by atoms with E-state index >= 15 is 0 Å². The van der Waals surface area contributed by atoms with Crippen molar-refractivity contribution in [2.45, 2.75) is 13.1 Å². The molecule has 0 amide bonds. The fourth-order valence-corrected chi connectivity index (χ4v) is 2.68. The van der Waals surface area contributed by atoms with Crippen LogP contribution in [0.2, 0.25) is 0 Å². The highest BCUT2D eigenvalue weighted by atomic mass is 16.7. The van der Waals surface area contributed by atoms with Gasteiger partial charge in [-0.15, -0.1) is 11.0 Å². The van der Waals surface area contributed by atoms with E-state index in [4.69, 9.17) is 8.83 Å². The molecule has 8 nitrogen and oxygen atoms in total. The van der Waals surface area contributed by atoms with E-state index in [0.29, 0.717) is 11.5 Å². The summed E-state index contributed by atoms with van der Waals surface area (Å²) in [5.74, 6) is -1.25. The van der Waals surface area contributed by atoms with E-state index in [1.54, 1.807) is 0 Å². The quantitative estimate of drug-likeness (QED) is 0.389. The Morgan fingerprint density at radius 3 is 1.57 bits per heavy atom. The molecule has 8 heteroatoms. The molecule has 2 heterocycles. The van der Waals surface area contributed by atoms with Gasteiger partial charge in [-0.05, 0) is 24.3 Å². The molecule has 0 saturated carbocycles. The number of hydrogen-bond acceptors (Lipinski definition) is 8. The predicted molar refractivity (Wildman–Crippen MR) is 98.3 cm³/mol. The fraction of sp³-hybridized carbons (Fsp3) is 0.100.